The molecule has 1 saturated heterocycles. The zero-order chi connectivity index (χ0) is 14.0. The number of carbonyl (C=O) groups is 1. The third-order valence-electron chi connectivity index (χ3n) is 3.26. The average molecular weight is 328 g/mol. The molecule has 1 aliphatic rings. The van der Waals surface area contributed by atoms with Crippen molar-refractivity contribution in [3.63, 3.8) is 0 Å². The van der Waals surface area contributed by atoms with E-state index < -0.39 is 5.91 Å². The van der Waals surface area contributed by atoms with E-state index in [1.807, 2.05) is 25.1 Å². The van der Waals surface area contributed by atoms with Gasteiger partial charge in [0.15, 0.2) is 0 Å². The first kappa shape index (κ1) is 14.3. The van der Waals surface area contributed by atoms with E-state index in [0.29, 0.717) is 23.2 Å². The Kier molecular flexibility index (Phi) is 4.44. The largest absolute Gasteiger partial charge is 0.373 e. The monoisotopic (exact) mass is 327 g/mol. The van der Waals surface area contributed by atoms with Crippen LogP contribution in [0.5, 0.6) is 0 Å². The number of benzene rings is 1. The molecule has 0 spiro atoms. The maximum Gasteiger partial charge on any atom is 0.251 e. The zero-order valence-electron chi connectivity index (χ0n) is 10.8. The first-order valence-corrected chi connectivity index (χ1v) is 7.00. The number of ether oxygens (including phenoxy) is 1. The van der Waals surface area contributed by atoms with Crippen LogP contribution in [0, 0.1) is 0 Å². The summed E-state index contributed by atoms with van der Waals surface area (Å²) in [5.74, 6) is -0.439. The van der Waals surface area contributed by atoms with Crippen molar-refractivity contribution in [1.29, 1.82) is 0 Å². The lowest BCUT2D eigenvalue weighted by molar-refractivity contribution is 0.0275. The molecule has 6 heteroatoms. The number of carbonyl (C=O) groups excluding carboxylic acids is 1. The highest BCUT2D eigenvalue weighted by molar-refractivity contribution is 9.10. The minimum absolute atomic E-state index is 0.0338. The molecule has 1 heterocycles. The highest BCUT2D eigenvalue weighted by Crippen LogP contribution is 2.29. The van der Waals surface area contributed by atoms with Crippen molar-refractivity contribution in [2.24, 2.45) is 11.5 Å². The minimum Gasteiger partial charge on any atom is -0.373 e. The van der Waals surface area contributed by atoms with Crippen molar-refractivity contribution in [3.8, 4) is 0 Å². The molecule has 1 fully saturated rings. The molecule has 1 aromatic rings. The fraction of sp³-hybridized carbons (Fsp3) is 0.462. The smallest absolute Gasteiger partial charge is 0.251 e. The molecule has 1 aliphatic heterocycles. The lowest BCUT2D eigenvalue weighted by Gasteiger charge is -2.37. The molecule has 1 aromatic carbocycles. The van der Waals surface area contributed by atoms with E-state index in [0.717, 1.165) is 12.2 Å². The Hall–Kier alpha value is -1.11. The van der Waals surface area contributed by atoms with Crippen LogP contribution in [0.2, 0.25) is 0 Å². The van der Waals surface area contributed by atoms with Crippen LogP contribution in [0.1, 0.15) is 17.3 Å². The molecule has 19 heavy (non-hydrogen) atoms. The van der Waals surface area contributed by atoms with Gasteiger partial charge in [-0.25, -0.2) is 0 Å². The summed E-state index contributed by atoms with van der Waals surface area (Å²) in [5, 5.41) is 0. The second kappa shape index (κ2) is 5.90. The fourth-order valence-corrected chi connectivity index (χ4v) is 2.78. The summed E-state index contributed by atoms with van der Waals surface area (Å²) < 4.78 is 6.34. The van der Waals surface area contributed by atoms with Crippen molar-refractivity contribution < 1.29 is 9.53 Å². The molecule has 0 saturated carbocycles. The van der Waals surface area contributed by atoms with Gasteiger partial charge in [-0.3, -0.25) is 4.79 Å². The molecule has 0 aliphatic carbocycles. The average Bonchev–Trinajstić information content (AvgIpc) is 2.38. The summed E-state index contributed by atoms with van der Waals surface area (Å²) in [6.07, 6.45) is -0.0338. The summed E-state index contributed by atoms with van der Waals surface area (Å²) in [7, 11) is 0. The van der Waals surface area contributed by atoms with Gasteiger partial charge in [0.1, 0.15) is 0 Å². The van der Waals surface area contributed by atoms with Crippen molar-refractivity contribution >= 4 is 27.5 Å². The second-order valence-electron chi connectivity index (χ2n) is 4.71. The first-order chi connectivity index (χ1) is 9.00. The number of hydrogen-bond acceptors (Lipinski definition) is 4. The molecule has 0 radical (unpaired) electrons. The lowest BCUT2D eigenvalue weighted by Crippen LogP contribution is -2.50. The van der Waals surface area contributed by atoms with Crippen molar-refractivity contribution in [2.75, 3.05) is 24.6 Å². The van der Waals surface area contributed by atoms with E-state index in [9.17, 15) is 4.79 Å². The molecular weight excluding hydrogens is 310 g/mol. The summed E-state index contributed by atoms with van der Waals surface area (Å²) >= 11 is 3.37. The Morgan fingerprint density at radius 2 is 2.32 bits per heavy atom. The Bertz CT molecular complexity index is 479. The summed E-state index contributed by atoms with van der Waals surface area (Å²) in [6.45, 7) is 3.90. The Morgan fingerprint density at radius 1 is 1.58 bits per heavy atom. The topological polar surface area (TPSA) is 81.6 Å². The van der Waals surface area contributed by atoms with Crippen LogP contribution in [0.25, 0.3) is 0 Å². The number of halogens is 1. The number of rotatable bonds is 3. The number of nitrogens with zero attached hydrogens (tertiary/aromatic N) is 1. The quantitative estimate of drug-likeness (QED) is 0.871. The van der Waals surface area contributed by atoms with Crippen LogP contribution in [-0.4, -0.2) is 37.7 Å². The van der Waals surface area contributed by atoms with E-state index in [-0.39, 0.29) is 12.1 Å². The third kappa shape index (κ3) is 3.08. The zero-order valence-corrected chi connectivity index (χ0v) is 12.4. The van der Waals surface area contributed by atoms with Gasteiger partial charge in [-0.15, -0.1) is 0 Å². The molecule has 2 unspecified atom stereocenters. The van der Waals surface area contributed by atoms with Gasteiger partial charge in [-0.2, -0.15) is 0 Å². The van der Waals surface area contributed by atoms with E-state index in [1.54, 1.807) is 0 Å². The predicted molar refractivity (Wildman–Crippen MR) is 78.3 cm³/mol. The third-order valence-corrected chi connectivity index (χ3v) is 3.92. The summed E-state index contributed by atoms with van der Waals surface area (Å²) in [4.78, 5) is 13.7. The van der Waals surface area contributed by atoms with Gasteiger partial charge in [0.05, 0.1) is 24.0 Å². The molecular formula is C13H18BrN3O2. The summed E-state index contributed by atoms with van der Waals surface area (Å²) in [6, 6.07) is 5.55. The van der Waals surface area contributed by atoms with Gasteiger partial charge in [-0.1, -0.05) is 6.07 Å². The van der Waals surface area contributed by atoms with Gasteiger partial charge >= 0.3 is 0 Å². The SMILES string of the molecule is CC(N)C1CN(c2cccc(Br)c2C(N)=O)CCO1. The van der Waals surface area contributed by atoms with Crippen molar-refractivity contribution in [3.05, 3.63) is 28.2 Å². The fourth-order valence-electron chi connectivity index (χ4n) is 2.23. The van der Waals surface area contributed by atoms with Crippen molar-refractivity contribution in [1.82, 2.24) is 0 Å². The summed E-state index contributed by atoms with van der Waals surface area (Å²) in [5.41, 5.74) is 12.7. The molecule has 0 bridgehead atoms. The van der Waals surface area contributed by atoms with E-state index in [1.165, 1.54) is 0 Å². The maximum atomic E-state index is 11.6. The van der Waals surface area contributed by atoms with Gasteiger partial charge in [0.25, 0.3) is 5.91 Å². The number of hydrogen-bond donors (Lipinski definition) is 2. The van der Waals surface area contributed by atoms with Crippen LogP contribution >= 0.6 is 15.9 Å². The van der Waals surface area contributed by atoms with E-state index >= 15 is 0 Å². The number of amides is 1. The highest BCUT2D eigenvalue weighted by Gasteiger charge is 2.26. The maximum absolute atomic E-state index is 11.6. The highest BCUT2D eigenvalue weighted by atomic mass is 79.9. The molecule has 104 valence electrons. The van der Waals surface area contributed by atoms with E-state index in [4.69, 9.17) is 16.2 Å². The lowest BCUT2D eigenvalue weighted by atomic mass is 10.1. The predicted octanol–water partition coefficient (Wildman–Crippen LogP) is 1.10. The normalized spacial score (nSPS) is 21.2. The molecule has 1 amide bonds. The van der Waals surface area contributed by atoms with Gasteiger partial charge < -0.3 is 21.1 Å². The van der Waals surface area contributed by atoms with Crippen LogP contribution in [0.15, 0.2) is 22.7 Å². The van der Waals surface area contributed by atoms with E-state index in [2.05, 4.69) is 20.8 Å². The van der Waals surface area contributed by atoms with Gasteiger partial charge in [0, 0.05) is 23.6 Å². The minimum atomic E-state index is -0.439. The molecule has 2 rings (SSSR count). The van der Waals surface area contributed by atoms with Crippen molar-refractivity contribution in [2.45, 2.75) is 19.1 Å². The van der Waals surface area contributed by atoms with Crippen LogP contribution in [0.4, 0.5) is 5.69 Å². The number of morpholine rings is 1. The standard InChI is InChI=1S/C13H18BrN3O2/c1-8(15)11-7-17(5-6-19-11)10-4-2-3-9(14)12(10)13(16)18/h2-4,8,11H,5-7,15H2,1H3,(H2,16,18). The second-order valence-corrected chi connectivity index (χ2v) is 5.57. The molecule has 4 N–H and O–H groups in total. The molecule has 0 aromatic heterocycles. The number of primary amides is 1. The molecule has 5 nitrogen and oxygen atoms in total. The Labute approximate surface area is 121 Å². The number of nitrogens with two attached hydrogens (primary N) is 2. The van der Waals surface area contributed by atoms with Gasteiger partial charge in [0.2, 0.25) is 0 Å². The molecule has 2 atom stereocenters. The Morgan fingerprint density at radius 3 is 2.95 bits per heavy atom. The Balaban J connectivity index is 2.31. The van der Waals surface area contributed by atoms with Crippen LogP contribution in [0.3, 0.4) is 0 Å². The van der Waals surface area contributed by atoms with Gasteiger partial charge in [-0.05, 0) is 35.0 Å². The van der Waals surface area contributed by atoms with Crippen LogP contribution in [-0.2, 0) is 4.74 Å². The van der Waals surface area contributed by atoms with Crippen LogP contribution < -0.4 is 16.4 Å². The number of anilines is 1. The first-order valence-electron chi connectivity index (χ1n) is 6.21.